The van der Waals surface area contributed by atoms with Gasteiger partial charge in [0.1, 0.15) is 0 Å². The molecule has 1 aromatic rings. The van der Waals surface area contributed by atoms with Gasteiger partial charge >= 0.3 is 5.97 Å². The van der Waals surface area contributed by atoms with Crippen LogP contribution >= 0.6 is 0 Å². The molecule has 0 bridgehead atoms. The zero-order valence-corrected chi connectivity index (χ0v) is 8.49. The maximum absolute atomic E-state index is 11.4. The lowest BCUT2D eigenvalue weighted by Gasteiger charge is -2.12. The Morgan fingerprint density at radius 1 is 1.50 bits per heavy atom. The first kappa shape index (κ1) is 10.7. The third-order valence-corrected chi connectivity index (χ3v) is 2.21. The highest BCUT2D eigenvalue weighted by atomic mass is 16.5. The van der Waals surface area contributed by atoms with Crippen molar-refractivity contribution in [2.45, 2.75) is 19.4 Å². The lowest BCUT2D eigenvalue weighted by atomic mass is 9.99. The Bertz CT molecular complexity index is 323. The minimum atomic E-state index is -0.329. The summed E-state index contributed by atoms with van der Waals surface area (Å²) < 4.78 is 4.68. The highest BCUT2D eigenvalue weighted by molar-refractivity contribution is 5.91. The molecular formula is C11H15NO2. The average Bonchev–Trinajstić information content (AvgIpc) is 2.27. The van der Waals surface area contributed by atoms with Crippen LogP contribution in [-0.2, 0) is 4.74 Å². The van der Waals surface area contributed by atoms with Crippen LogP contribution in [-0.4, -0.2) is 13.1 Å². The number of rotatable bonds is 3. The van der Waals surface area contributed by atoms with Crippen LogP contribution in [0, 0.1) is 0 Å². The van der Waals surface area contributed by atoms with E-state index in [0.717, 1.165) is 12.0 Å². The first-order chi connectivity index (χ1) is 6.70. The fourth-order valence-corrected chi connectivity index (χ4v) is 1.34. The zero-order chi connectivity index (χ0) is 10.6. The molecule has 0 heterocycles. The van der Waals surface area contributed by atoms with E-state index < -0.39 is 0 Å². The summed E-state index contributed by atoms with van der Waals surface area (Å²) in [6.45, 7) is 1.98. The molecule has 0 saturated heterocycles. The normalized spacial score (nSPS) is 12.2. The van der Waals surface area contributed by atoms with Crippen molar-refractivity contribution in [3.8, 4) is 0 Å². The molecule has 14 heavy (non-hydrogen) atoms. The molecule has 0 aliphatic heterocycles. The summed E-state index contributed by atoms with van der Waals surface area (Å²) in [5.41, 5.74) is 7.29. The molecule has 0 amide bonds. The lowest BCUT2D eigenvalue weighted by molar-refractivity contribution is 0.0599. The smallest absolute Gasteiger partial charge is 0.338 e. The highest BCUT2D eigenvalue weighted by Gasteiger charge is 2.14. The SMILES string of the molecule is CCC(N)c1ccccc1C(=O)OC. The van der Waals surface area contributed by atoms with Gasteiger partial charge in [-0.2, -0.15) is 0 Å². The largest absolute Gasteiger partial charge is 0.465 e. The average molecular weight is 193 g/mol. The lowest BCUT2D eigenvalue weighted by Crippen LogP contribution is -2.14. The Balaban J connectivity index is 3.09. The van der Waals surface area contributed by atoms with Crippen molar-refractivity contribution in [3.63, 3.8) is 0 Å². The molecule has 2 N–H and O–H groups in total. The van der Waals surface area contributed by atoms with Gasteiger partial charge in [0.05, 0.1) is 12.7 Å². The Morgan fingerprint density at radius 2 is 2.14 bits per heavy atom. The predicted molar refractivity (Wildman–Crippen MR) is 55.0 cm³/mol. The van der Waals surface area contributed by atoms with Crippen LogP contribution in [0.2, 0.25) is 0 Å². The molecule has 0 aromatic heterocycles. The Hall–Kier alpha value is -1.35. The molecule has 76 valence electrons. The molecule has 3 heteroatoms. The number of esters is 1. The van der Waals surface area contributed by atoms with Gasteiger partial charge in [-0.15, -0.1) is 0 Å². The third kappa shape index (κ3) is 2.12. The van der Waals surface area contributed by atoms with E-state index >= 15 is 0 Å². The summed E-state index contributed by atoms with van der Waals surface area (Å²) in [6.07, 6.45) is 0.800. The summed E-state index contributed by atoms with van der Waals surface area (Å²) in [5, 5.41) is 0. The summed E-state index contributed by atoms with van der Waals surface area (Å²) in [6, 6.07) is 7.16. The molecule has 1 unspecified atom stereocenters. The van der Waals surface area contributed by atoms with Gasteiger partial charge in [-0.3, -0.25) is 0 Å². The van der Waals surface area contributed by atoms with Crippen molar-refractivity contribution >= 4 is 5.97 Å². The van der Waals surface area contributed by atoms with E-state index in [9.17, 15) is 4.79 Å². The Morgan fingerprint density at radius 3 is 2.71 bits per heavy atom. The van der Waals surface area contributed by atoms with Crippen molar-refractivity contribution in [3.05, 3.63) is 35.4 Å². The van der Waals surface area contributed by atoms with Gasteiger partial charge in [0.25, 0.3) is 0 Å². The van der Waals surface area contributed by atoms with Gasteiger partial charge in [0.2, 0.25) is 0 Å². The molecule has 0 radical (unpaired) electrons. The van der Waals surface area contributed by atoms with Crippen LogP contribution in [0.3, 0.4) is 0 Å². The van der Waals surface area contributed by atoms with Crippen LogP contribution in [0.1, 0.15) is 35.3 Å². The maximum atomic E-state index is 11.4. The molecule has 1 rings (SSSR count). The van der Waals surface area contributed by atoms with Crippen LogP contribution in [0.15, 0.2) is 24.3 Å². The summed E-state index contributed by atoms with van der Waals surface area (Å²) in [7, 11) is 1.37. The van der Waals surface area contributed by atoms with E-state index in [4.69, 9.17) is 5.73 Å². The van der Waals surface area contributed by atoms with Crippen LogP contribution in [0.25, 0.3) is 0 Å². The van der Waals surface area contributed by atoms with Gasteiger partial charge in [-0.05, 0) is 18.1 Å². The van der Waals surface area contributed by atoms with Crippen LogP contribution < -0.4 is 5.73 Å². The number of ether oxygens (including phenoxy) is 1. The summed E-state index contributed by atoms with van der Waals surface area (Å²) >= 11 is 0. The van der Waals surface area contributed by atoms with Crippen LogP contribution in [0.4, 0.5) is 0 Å². The second kappa shape index (κ2) is 4.77. The highest BCUT2D eigenvalue weighted by Crippen LogP contribution is 2.18. The van der Waals surface area contributed by atoms with E-state index in [-0.39, 0.29) is 12.0 Å². The van der Waals surface area contributed by atoms with E-state index in [1.54, 1.807) is 12.1 Å². The number of carbonyl (C=O) groups excluding carboxylic acids is 1. The van der Waals surface area contributed by atoms with Crippen molar-refractivity contribution < 1.29 is 9.53 Å². The fraction of sp³-hybridized carbons (Fsp3) is 0.364. The van der Waals surface area contributed by atoms with E-state index in [1.165, 1.54) is 7.11 Å². The van der Waals surface area contributed by atoms with E-state index in [2.05, 4.69) is 4.74 Å². The maximum Gasteiger partial charge on any atom is 0.338 e. The van der Waals surface area contributed by atoms with Gasteiger partial charge < -0.3 is 10.5 Å². The summed E-state index contributed by atoms with van der Waals surface area (Å²) in [4.78, 5) is 11.4. The van der Waals surface area contributed by atoms with Crippen molar-refractivity contribution in [1.82, 2.24) is 0 Å². The molecular weight excluding hydrogens is 178 g/mol. The fourth-order valence-electron chi connectivity index (χ4n) is 1.34. The number of carbonyl (C=O) groups is 1. The van der Waals surface area contributed by atoms with E-state index in [1.807, 2.05) is 19.1 Å². The Kier molecular flexibility index (Phi) is 3.65. The molecule has 0 saturated carbocycles. The van der Waals surface area contributed by atoms with Crippen molar-refractivity contribution in [2.24, 2.45) is 5.73 Å². The van der Waals surface area contributed by atoms with Gasteiger partial charge in [0.15, 0.2) is 0 Å². The quantitative estimate of drug-likeness (QED) is 0.746. The zero-order valence-electron chi connectivity index (χ0n) is 8.49. The predicted octanol–water partition coefficient (Wildman–Crippen LogP) is 1.88. The van der Waals surface area contributed by atoms with Gasteiger partial charge in [-0.25, -0.2) is 4.79 Å². The van der Waals surface area contributed by atoms with Crippen LogP contribution in [0.5, 0.6) is 0 Å². The molecule has 1 aromatic carbocycles. The molecule has 0 aliphatic rings. The van der Waals surface area contributed by atoms with Crippen molar-refractivity contribution in [2.75, 3.05) is 7.11 Å². The number of benzene rings is 1. The van der Waals surface area contributed by atoms with Crippen molar-refractivity contribution in [1.29, 1.82) is 0 Å². The number of nitrogens with two attached hydrogens (primary N) is 1. The minimum absolute atomic E-state index is 0.106. The number of hydrogen-bond acceptors (Lipinski definition) is 3. The molecule has 1 atom stereocenters. The minimum Gasteiger partial charge on any atom is -0.465 e. The second-order valence-electron chi connectivity index (χ2n) is 3.09. The monoisotopic (exact) mass is 193 g/mol. The molecule has 3 nitrogen and oxygen atoms in total. The number of methoxy groups -OCH3 is 1. The standard InChI is InChI=1S/C11H15NO2/c1-3-10(12)8-6-4-5-7-9(8)11(13)14-2/h4-7,10H,3,12H2,1-2H3. The molecule has 0 fully saturated rings. The number of hydrogen-bond donors (Lipinski definition) is 1. The van der Waals surface area contributed by atoms with Gasteiger partial charge in [0, 0.05) is 6.04 Å². The Labute approximate surface area is 83.9 Å². The second-order valence-corrected chi connectivity index (χ2v) is 3.09. The first-order valence-electron chi connectivity index (χ1n) is 4.63. The third-order valence-electron chi connectivity index (χ3n) is 2.21. The first-order valence-corrected chi connectivity index (χ1v) is 4.63. The van der Waals surface area contributed by atoms with Gasteiger partial charge in [-0.1, -0.05) is 25.1 Å². The van der Waals surface area contributed by atoms with E-state index in [0.29, 0.717) is 5.56 Å². The summed E-state index contributed by atoms with van der Waals surface area (Å²) in [5.74, 6) is -0.329. The molecule has 0 spiro atoms. The topological polar surface area (TPSA) is 52.3 Å². The molecule has 0 aliphatic carbocycles.